The molecule has 0 aliphatic carbocycles. The Morgan fingerprint density at radius 3 is 2.44 bits per heavy atom. The highest BCUT2D eigenvalue weighted by Crippen LogP contribution is 2.22. The molecule has 0 radical (unpaired) electrons. The van der Waals surface area contributed by atoms with E-state index in [2.05, 4.69) is 4.74 Å². The number of ether oxygens (including phenoxy) is 2. The molecule has 0 saturated heterocycles. The van der Waals surface area contributed by atoms with Crippen LogP contribution in [0.25, 0.3) is 0 Å². The average Bonchev–Trinajstić information content (AvgIpc) is 2.79. The average molecular weight is 374 g/mol. The normalized spacial score (nSPS) is 24.2. The third-order valence-electron chi connectivity index (χ3n) is 2.83. The fraction of sp³-hybridized carbons (Fsp3) is 0.300. The van der Waals surface area contributed by atoms with E-state index in [1.54, 1.807) is 0 Å². The van der Waals surface area contributed by atoms with E-state index in [0.29, 0.717) is 6.92 Å². The topological polar surface area (TPSA) is 52.6 Å². The quantitative estimate of drug-likeness (QED) is 0.545. The molecular formula is C20H21ClO4. The molecule has 0 N–H and O–H groups in total. The van der Waals surface area contributed by atoms with E-state index in [-0.39, 0.29) is 10.6 Å². The Labute approximate surface area is 171 Å². The number of hydrogen-bond acceptors (Lipinski definition) is 4. The molecule has 0 saturated carbocycles. The summed E-state index contributed by atoms with van der Waals surface area (Å²) in [5.74, 6) is -4.04. The second kappa shape index (κ2) is 7.70. The lowest BCUT2D eigenvalue weighted by molar-refractivity contribution is -0.163. The number of carbonyl (C=O) groups excluding carboxylic acids is 2. The number of halogens is 1. The summed E-state index contributed by atoms with van der Waals surface area (Å²) in [6.45, 7) is -9.11. The molecule has 0 aromatic heterocycles. The number of carbonyl (C=O) groups is 2. The molecule has 2 unspecified atom stereocenters. The van der Waals surface area contributed by atoms with Crippen molar-refractivity contribution in [3.05, 3.63) is 64.6 Å². The standard InChI is InChI=1S/C20H21ClO4/c1-13(2)24-19(23)20(3,4)25-17-11-7-15(8-12-17)18(22)14-5-9-16(21)10-6-14/h5-13H,1-4H3/i1D2,2D3,3D3,7D,8D,11D,12D,13D. The van der Waals surface area contributed by atoms with Gasteiger partial charge in [-0.15, -0.1) is 0 Å². The summed E-state index contributed by atoms with van der Waals surface area (Å²) in [5, 5.41) is 0.290. The maximum Gasteiger partial charge on any atom is 0.350 e. The first kappa shape index (κ1) is 7.92. The van der Waals surface area contributed by atoms with Crippen LogP contribution in [-0.4, -0.2) is 23.4 Å². The van der Waals surface area contributed by atoms with Gasteiger partial charge in [0, 0.05) is 27.1 Å². The summed E-state index contributed by atoms with van der Waals surface area (Å²) < 4.78 is 110. The zero-order chi connectivity index (χ0) is 29.6. The Bertz CT molecular complexity index is 1210. The van der Waals surface area contributed by atoms with Gasteiger partial charge in [0.1, 0.15) is 5.75 Å². The lowest BCUT2D eigenvalue weighted by Gasteiger charge is -2.25. The Hall–Kier alpha value is -2.33. The second-order valence-corrected chi connectivity index (χ2v) is 5.37. The van der Waals surface area contributed by atoms with Gasteiger partial charge in [-0.05, 0) is 75.9 Å². The zero-order valence-electron chi connectivity index (χ0n) is 25.9. The van der Waals surface area contributed by atoms with Crippen LogP contribution in [0.1, 0.15) is 61.2 Å². The second-order valence-electron chi connectivity index (χ2n) is 4.93. The zero-order valence-corrected chi connectivity index (χ0v) is 13.7. The van der Waals surface area contributed by atoms with Crippen LogP contribution in [-0.2, 0) is 9.53 Å². The van der Waals surface area contributed by atoms with Crippen molar-refractivity contribution in [2.45, 2.75) is 39.2 Å². The first-order chi connectivity index (χ1) is 17.1. The maximum absolute atomic E-state index is 12.9. The summed E-state index contributed by atoms with van der Waals surface area (Å²) in [5.41, 5.74) is -3.95. The van der Waals surface area contributed by atoms with Crippen LogP contribution in [0.4, 0.5) is 0 Å². The summed E-state index contributed by atoms with van der Waals surface area (Å²) in [6, 6.07) is 1.34. The molecular weight excluding hydrogens is 340 g/mol. The summed E-state index contributed by atoms with van der Waals surface area (Å²) in [7, 11) is 0. The monoisotopic (exact) mass is 373 g/mol. The molecule has 0 spiro atoms. The Morgan fingerprint density at radius 2 is 1.88 bits per heavy atom. The van der Waals surface area contributed by atoms with Gasteiger partial charge in [0.05, 0.1) is 12.9 Å². The predicted molar refractivity (Wildman–Crippen MR) is 97.3 cm³/mol. The smallest absolute Gasteiger partial charge is 0.350 e. The van der Waals surface area contributed by atoms with Crippen molar-refractivity contribution in [3.63, 3.8) is 0 Å². The molecule has 5 heteroatoms. The molecule has 2 aromatic rings. The van der Waals surface area contributed by atoms with Gasteiger partial charge in [-0.2, -0.15) is 0 Å². The van der Waals surface area contributed by atoms with Crippen molar-refractivity contribution >= 4 is 23.4 Å². The highest BCUT2D eigenvalue weighted by atomic mass is 35.5. The molecule has 25 heavy (non-hydrogen) atoms. The number of hydrogen-bond donors (Lipinski definition) is 0. The highest BCUT2D eigenvalue weighted by molar-refractivity contribution is 6.30. The first-order valence-electron chi connectivity index (χ1n) is 13.4. The molecule has 0 heterocycles. The van der Waals surface area contributed by atoms with E-state index in [0.717, 1.165) is 0 Å². The van der Waals surface area contributed by atoms with E-state index < -0.39 is 79.5 Å². The van der Waals surface area contributed by atoms with Crippen LogP contribution in [0.2, 0.25) is 5.02 Å². The van der Waals surface area contributed by atoms with Gasteiger partial charge in [0.2, 0.25) is 0 Å². The largest absolute Gasteiger partial charge is 0.476 e. The SMILES string of the molecule is [2H]c1c([2H])c(C(=O)c2ccc(Cl)cc2)c([2H])c([2H])c1OC(C)(C(=O)OC([2H])(C([2H])[2H])C([2H])([2H])[2H])C([2H])([2H])[2H]. The van der Waals surface area contributed by atoms with Gasteiger partial charge in [-0.1, -0.05) is 11.6 Å². The fourth-order valence-corrected chi connectivity index (χ4v) is 1.78. The van der Waals surface area contributed by atoms with Crippen LogP contribution in [0, 0.1) is 0 Å². The molecule has 4 nitrogen and oxygen atoms in total. The lowest BCUT2D eigenvalue weighted by atomic mass is 10.0. The van der Waals surface area contributed by atoms with Gasteiger partial charge >= 0.3 is 5.97 Å². The minimum atomic E-state index is -3.56. The van der Waals surface area contributed by atoms with E-state index in [4.69, 9.17) is 34.2 Å². The Balaban J connectivity index is 2.65. The van der Waals surface area contributed by atoms with E-state index in [1.807, 2.05) is 0 Å². The first-order valence-corrected chi connectivity index (χ1v) is 7.15. The van der Waals surface area contributed by atoms with E-state index in [9.17, 15) is 9.59 Å². The maximum atomic E-state index is 12.9. The molecule has 0 aliphatic rings. The minimum absolute atomic E-state index is 0.0310. The molecule has 2 aromatic carbocycles. The summed E-state index contributed by atoms with van der Waals surface area (Å²) in [4.78, 5) is 25.9. The van der Waals surface area contributed by atoms with Crippen LogP contribution in [0.3, 0.4) is 0 Å². The van der Waals surface area contributed by atoms with Crippen LogP contribution in [0.15, 0.2) is 48.4 Å². The van der Waals surface area contributed by atoms with Gasteiger partial charge < -0.3 is 9.47 Å². The molecule has 0 bridgehead atoms. The van der Waals surface area contributed by atoms with Gasteiger partial charge in [0.25, 0.3) is 0 Å². The molecule has 132 valence electrons. The Kier molecular flexibility index (Phi) is 2.44. The molecule has 0 fully saturated rings. The molecule has 2 rings (SSSR count). The van der Waals surface area contributed by atoms with Crippen LogP contribution in [0.5, 0.6) is 5.75 Å². The minimum Gasteiger partial charge on any atom is -0.476 e. The van der Waals surface area contributed by atoms with Crippen LogP contribution >= 0.6 is 11.6 Å². The van der Waals surface area contributed by atoms with Crippen molar-refractivity contribution in [2.75, 3.05) is 0 Å². The number of benzene rings is 2. The summed E-state index contributed by atoms with van der Waals surface area (Å²) >= 11 is 5.79. The third kappa shape index (κ3) is 5.07. The van der Waals surface area contributed by atoms with Gasteiger partial charge in [-0.3, -0.25) is 4.79 Å². The van der Waals surface area contributed by atoms with Gasteiger partial charge in [0.15, 0.2) is 11.4 Å². The van der Waals surface area contributed by atoms with Crippen molar-refractivity contribution in [1.29, 1.82) is 0 Å². The number of ketones is 1. The molecule has 2 atom stereocenters. The van der Waals surface area contributed by atoms with E-state index in [1.165, 1.54) is 24.3 Å². The van der Waals surface area contributed by atoms with Crippen molar-refractivity contribution in [2.24, 2.45) is 0 Å². The van der Waals surface area contributed by atoms with Crippen molar-refractivity contribution in [3.8, 4) is 5.75 Å². The molecule has 0 aliphatic heterocycles. The van der Waals surface area contributed by atoms with Crippen molar-refractivity contribution in [1.82, 2.24) is 0 Å². The third-order valence-corrected chi connectivity index (χ3v) is 3.09. The van der Waals surface area contributed by atoms with Gasteiger partial charge in [-0.25, -0.2) is 4.79 Å². The lowest BCUT2D eigenvalue weighted by Crippen LogP contribution is -2.40. The molecule has 0 amide bonds. The Morgan fingerprint density at radius 1 is 1.20 bits per heavy atom. The number of rotatable bonds is 6. The van der Waals surface area contributed by atoms with Crippen LogP contribution < -0.4 is 4.74 Å². The highest BCUT2D eigenvalue weighted by Gasteiger charge is 2.32. The predicted octanol–water partition coefficient (Wildman–Crippen LogP) is 4.68. The summed E-state index contributed by atoms with van der Waals surface area (Å²) in [6.07, 6.45) is -3.54. The number of esters is 1. The van der Waals surface area contributed by atoms with E-state index >= 15 is 0 Å². The fourth-order valence-electron chi connectivity index (χ4n) is 1.65. The van der Waals surface area contributed by atoms with Crippen molar-refractivity contribution < 1.29 is 36.9 Å².